The van der Waals surface area contributed by atoms with Crippen molar-refractivity contribution in [3.63, 3.8) is 0 Å². The minimum atomic E-state index is 0.567. The summed E-state index contributed by atoms with van der Waals surface area (Å²) in [4.78, 5) is 2.55. The molecule has 0 saturated carbocycles. The fourth-order valence-corrected chi connectivity index (χ4v) is 3.13. The van der Waals surface area contributed by atoms with E-state index in [9.17, 15) is 0 Å². The number of halogens is 1. The topological polar surface area (TPSA) is 12.5 Å². The maximum atomic E-state index is 5.80. The van der Waals surface area contributed by atoms with Crippen LogP contribution in [-0.2, 0) is 0 Å². The smallest absolute Gasteiger partial charge is 0.119 e. The van der Waals surface area contributed by atoms with Crippen LogP contribution in [-0.4, -0.2) is 31.1 Å². The lowest BCUT2D eigenvalue weighted by molar-refractivity contribution is 0.204. The van der Waals surface area contributed by atoms with Crippen molar-refractivity contribution < 1.29 is 4.74 Å². The van der Waals surface area contributed by atoms with E-state index < -0.39 is 0 Å². The quantitative estimate of drug-likeness (QED) is 0.771. The minimum absolute atomic E-state index is 0.567. The van der Waals surface area contributed by atoms with Crippen molar-refractivity contribution in [3.05, 3.63) is 28.7 Å². The second-order valence-electron chi connectivity index (χ2n) is 5.54. The molecule has 0 atom stereocenters. The maximum absolute atomic E-state index is 5.80. The van der Waals surface area contributed by atoms with Gasteiger partial charge in [0.25, 0.3) is 0 Å². The van der Waals surface area contributed by atoms with E-state index >= 15 is 0 Å². The average molecular weight is 326 g/mol. The van der Waals surface area contributed by atoms with Gasteiger partial charge in [-0.15, -0.1) is 0 Å². The lowest BCUT2D eigenvalue weighted by Gasteiger charge is -2.26. The number of likely N-dealkylation sites (tertiary alicyclic amines) is 1. The van der Waals surface area contributed by atoms with Crippen molar-refractivity contribution >= 4 is 15.9 Å². The van der Waals surface area contributed by atoms with Gasteiger partial charge >= 0.3 is 0 Å². The van der Waals surface area contributed by atoms with Crippen LogP contribution in [0.2, 0.25) is 0 Å². The fraction of sp³-hybridized carbons (Fsp3) is 0.625. The van der Waals surface area contributed by atoms with Gasteiger partial charge in [-0.25, -0.2) is 0 Å². The lowest BCUT2D eigenvalue weighted by Crippen LogP contribution is -2.29. The second-order valence-corrected chi connectivity index (χ2v) is 6.45. The molecule has 0 radical (unpaired) electrons. The molecule has 1 aliphatic heterocycles. The third kappa shape index (κ3) is 3.96. The van der Waals surface area contributed by atoms with E-state index in [4.69, 9.17) is 4.74 Å². The fourth-order valence-electron chi connectivity index (χ4n) is 2.87. The molecule has 1 aromatic rings. The Morgan fingerprint density at radius 3 is 2.47 bits per heavy atom. The van der Waals surface area contributed by atoms with Gasteiger partial charge in [-0.05, 0) is 55.5 Å². The van der Waals surface area contributed by atoms with Crippen molar-refractivity contribution in [2.24, 2.45) is 5.41 Å². The van der Waals surface area contributed by atoms with Crippen LogP contribution in [0.4, 0.5) is 0 Å². The standard InChI is InChI=1S/C16H24BrNO/c1-3-16(4-2)9-10-18(13-16)11-12-19-15-7-5-14(17)6-8-15/h5-8H,3-4,9-13H2,1-2H3. The molecule has 1 heterocycles. The molecular weight excluding hydrogens is 302 g/mol. The molecule has 0 N–H and O–H groups in total. The van der Waals surface area contributed by atoms with Gasteiger partial charge in [0.2, 0.25) is 0 Å². The van der Waals surface area contributed by atoms with E-state index in [1.807, 2.05) is 24.3 Å². The van der Waals surface area contributed by atoms with E-state index in [1.54, 1.807) is 0 Å². The Kier molecular flexibility index (Phi) is 5.28. The first-order valence-electron chi connectivity index (χ1n) is 7.28. The summed E-state index contributed by atoms with van der Waals surface area (Å²) >= 11 is 3.43. The molecule has 106 valence electrons. The summed E-state index contributed by atoms with van der Waals surface area (Å²) in [7, 11) is 0. The Morgan fingerprint density at radius 1 is 1.21 bits per heavy atom. The van der Waals surface area contributed by atoms with E-state index in [2.05, 4.69) is 34.7 Å². The molecule has 1 aromatic carbocycles. The van der Waals surface area contributed by atoms with Gasteiger partial charge < -0.3 is 4.74 Å². The first kappa shape index (κ1) is 14.9. The zero-order chi connectivity index (χ0) is 13.7. The van der Waals surface area contributed by atoms with Crippen LogP contribution in [0.3, 0.4) is 0 Å². The molecule has 0 bridgehead atoms. The number of ether oxygens (including phenoxy) is 1. The van der Waals surface area contributed by atoms with Gasteiger partial charge in [-0.3, -0.25) is 4.90 Å². The van der Waals surface area contributed by atoms with Gasteiger partial charge in [0.15, 0.2) is 0 Å². The maximum Gasteiger partial charge on any atom is 0.119 e. The van der Waals surface area contributed by atoms with Crippen LogP contribution < -0.4 is 4.74 Å². The summed E-state index contributed by atoms with van der Waals surface area (Å²) in [6, 6.07) is 8.06. The molecule has 0 unspecified atom stereocenters. The number of rotatable bonds is 6. The second kappa shape index (κ2) is 6.76. The van der Waals surface area contributed by atoms with Gasteiger partial charge in [0.05, 0.1) is 0 Å². The first-order valence-corrected chi connectivity index (χ1v) is 8.07. The number of nitrogens with zero attached hydrogens (tertiary/aromatic N) is 1. The van der Waals surface area contributed by atoms with E-state index in [0.29, 0.717) is 5.41 Å². The monoisotopic (exact) mass is 325 g/mol. The molecule has 0 aliphatic carbocycles. The van der Waals surface area contributed by atoms with Crippen molar-refractivity contribution in [1.82, 2.24) is 4.90 Å². The Hall–Kier alpha value is -0.540. The Balaban J connectivity index is 1.74. The highest BCUT2D eigenvalue weighted by atomic mass is 79.9. The molecule has 3 heteroatoms. The number of benzene rings is 1. The first-order chi connectivity index (χ1) is 9.17. The highest BCUT2D eigenvalue weighted by Gasteiger charge is 2.34. The van der Waals surface area contributed by atoms with E-state index in [-0.39, 0.29) is 0 Å². The molecule has 0 aromatic heterocycles. The number of hydrogen-bond acceptors (Lipinski definition) is 2. The van der Waals surface area contributed by atoms with E-state index in [1.165, 1.54) is 32.4 Å². The molecule has 1 aliphatic rings. The summed E-state index contributed by atoms with van der Waals surface area (Å²) < 4.78 is 6.89. The van der Waals surface area contributed by atoms with Crippen LogP contribution in [0.1, 0.15) is 33.1 Å². The summed E-state index contributed by atoms with van der Waals surface area (Å²) in [6.07, 6.45) is 3.94. The summed E-state index contributed by atoms with van der Waals surface area (Å²) in [5.74, 6) is 0.958. The van der Waals surface area contributed by atoms with Crippen molar-refractivity contribution in [2.75, 3.05) is 26.2 Å². The predicted molar refractivity (Wildman–Crippen MR) is 83.7 cm³/mol. The summed E-state index contributed by atoms with van der Waals surface area (Å²) in [5, 5.41) is 0. The third-order valence-electron chi connectivity index (χ3n) is 4.51. The van der Waals surface area contributed by atoms with Gasteiger partial charge in [0.1, 0.15) is 12.4 Å². The van der Waals surface area contributed by atoms with Gasteiger partial charge in [-0.2, -0.15) is 0 Å². The highest BCUT2D eigenvalue weighted by Crippen LogP contribution is 2.36. The molecule has 2 nitrogen and oxygen atoms in total. The zero-order valence-corrected chi connectivity index (χ0v) is 13.6. The Bertz CT molecular complexity index is 386. The van der Waals surface area contributed by atoms with Crippen molar-refractivity contribution in [2.45, 2.75) is 33.1 Å². The predicted octanol–water partition coefficient (Wildman–Crippen LogP) is 4.34. The minimum Gasteiger partial charge on any atom is -0.492 e. The van der Waals surface area contributed by atoms with Crippen LogP contribution in [0.5, 0.6) is 5.75 Å². The molecule has 1 fully saturated rings. The zero-order valence-electron chi connectivity index (χ0n) is 12.0. The molecule has 2 rings (SSSR count). The van der Waals surface area contributed by atoms with Crippen LogP contribution in [0.15, 0.2) is 28.7 Å². The van der Waals surface area contributed by atoms with Crippen molar-refractivity contribution in [3.8, 4) is 5.75 Å². The Labute approximate surface area is 125 Å². The van der Waals surface area contributed by atoms with Crippen molar-refractivity contribution in [1.29, 1.82) is 0 Å². The largest absolute Gasteiger partial charge is 0.492 e. The molecule has 1 saturated heterocycles. The molecule has 0 spiro atoms. The molecular formula is C16H24BrNO. The lowest BCUT2D eigenvalue weighted by atomic mass is 9.82. The average Bonchev–Trinajstić information content (AvgIpc) is 2.85. The van der Waals surface area contributed by atoms with Crippen LogP contribution in [0.25, 0.3) is 0 Å². The van der Waals surface area contributed by atoms with Gasteiger partial charge in [-0.1, -0.05) is 29.8 Å². The van der Waals surface area contributed by atoms with Crippen LogP contribution >= 0.6 is 15.9 Å². The normalized spacial score (nSPS) is 18.7. The summed E-state index contributed by atoms with van der Waals surface area (Å²) in [6.45, 7) is 8.94. The Morgan fingerprint density at radius 2 is 1.89 bits per heavy atom. The third-order valence-corrected chi connectivity index (χ3v) is 5.04. The molecule has 19 heavy (non-hydrogen) atoms. The SMILES string of the molecule is CCC1(CC)CCN(CCOc2ccc(Br)cc2)C1. The highest BCUT2D eigenvalue weighted by molar-refractivity contribution is 9.10. The van der Waals surface area contributed by atoms with Crippen LogP contribution in [0, 0.1) is 5.41 Å². The number of hydrogen-bond donors (Lipinski definition) is 0. The summed E-state index contributed by atoms with van der Waals surface area (Å²) in [5.41, 5.74) is 0.567. The van der Waals surface area contributed by atoms with Gasteiger partial charge in [0, 0.05) is 17.6 Å². The van der Waals surface area contributed by atoms with E-state index in [0.717, 1.165) is 23.4 Å². The molecule has 0 amide bonds.